The topological polar surface area (TPSA) is 139 Å². The average molecular weight is 469 g/mol. The van der Waals surface area contributed by atoms with E-state index in [2.05, 4.69) is 25.9 Å². The van der Waals surface area contributed by atoms with Crippen LogP contribution < -0.4 is 16.0 Å². The predicted octanol–water partition coefficient (Wildman–Crippen LogP) is 4.79. The standard InChI is InChI=1S/C20H16N6O4S2/c1-11-3-2-4-12(7-11)21-18(28)25-19-22-13(10-31-19)8-17(27)24-20-23-15-6-5-14(26(29)30)9-16(15)32-20/h2-7,9-10H,8H2,1H3,(H,23,24,27)(H2,21,22,25,28). The second kappa shape index (κ2) is 9.08. The number of nitro benzene ring substituents is 1. The van der Waals surface area contributed by atoms with E-state index in [1.54, 1.807) is 17.5 Å². The molecule has 162 valence electrons. The van der Waals surface area contributed by atoms with Crippen molar-refractivity contribution in [2.75, 3.05) is 16.0 Å². The van der Waals surface area contributed by atoms with E-state index in [-0.39, 0.29) is 18.0 Å². The molecule has 0 atom stereocenters. The van der Waals surface area contributed by atoms with E-state index in [4.69, 9.17) is 0 Å². The number of carbonyl (C=O) groups excluding carboxylic acids is 2. The first-order chi connectivity index (χ1) is 15.4. The smallest absolute Gasteiger partial charge is 0.308 e. The van der Waals surface area contributed by atoms with Gasteiger partial charge in [-0.3, -0.25) is 20.2 Å². The van der Waals surface area contributed by atoms with Gasteiger partial charge in [0.2, 0.25) is 5.91 Å². The number of aryl methyl sites for hydroxylation is 1. The van der Waals surface area contributed by atoms with Crippen LogP contribution in [0.5, 0.6) is 0 Å². The summed E-state index contributed by atoms with van der Waals surface area (Å²) in [5.74, 6) is -0.334. The van der Waals surface area contributed by atoms with Crippen LogP contribution in [0.15, 0.2) is 47.8 Å². The van der Waals surface area contributed by atoms with Gasteiger partial charge < -0.3 is 10.6 Å². The fraction of sp³-hybridized carbons (Fsp3) is 0.100. The van der Waals surface area contributed by atoms with Gasteiger partial charge in [0.15, 0.2) is 10.3 Å². The summed E-state index contributed by atoms with van der Waals surface area (Å²) < 4.78 is 0.606. The number of hydrogen-bond donors (Lipinski definition) is 3. The lowest BCUT2D eigenvalue weighted by Crippen LogP contribution is -2.19. The third-order valence-electron chi connectivity index (χ3n) is 4.22. The van der Waals surface area contributed by atoms with Gasteiger partial charge >= 0.3 is 6.03 Å². The Morgan fingerprint density at radius 2 is 1.91 bits per heavy atom. The summed E-state index contributed by atoms with van der Waals surface area (Å²) in [5.41, 5.74) is 2.72. The zero-order valence-electron chi connectivity index (χ0n) is 16.6. The summed E-state index contributed by atoms with van der Waals surface area (Å²) in [6.45, 7) is 1.93. The molecule has 3 N–H and O–H groups in total. The van der Waals surface area contributed by atoms with Gasteiger partial charge in [0.25, 0.3) is 5.69 Å². The largest absolute Gasteiger partial charge is 0.325 e. The lowest BCUT2D eigenvalue weighted by molar-refractivity contribution is -0.384. The molecule has 0 bridgehead atoms. The van der Waals surface area contributed by atoms with Gasteiger partial charge in [0, 0.05) is 23.2 Å². The van der Waals surface area contributed by atoms with E-state index in [1.807, 2.05) is 25.1 Å². The maximum absolute atomic E-state index is 12.4. The van der Waals surface area contributed by atoms with Crippen LogP contribution in [0.3, 0.4) is 0 Å². The van der Waals surface area contributed by atoms with E-state index in [9.17, 15) is 19.7 Å². The van der Waals surface area contributed by atoms with Gasteiger partial charge in [0.05, 0.1) is 27.3 Å². The first-order valence-electron chi connectivity index (χ1n) is 9.29. The number of nitro groups is 1. The van der Waals surface area contributed by atoms with Gasteiger partial charge in [-0.2, -0.15) is 0 Å². The van der Waals surface area contributed by atoms with Crippen molar-refractivity contribution in [2.24, 2.45) is 0 Å². The first kappa shape index (κ1) is 21.3. The van der Waals surface area contributed by atoms with Gasteiger partial charge in [-0.15, -0.1) is 11.3 Å². The fourth-order valence-electron chi connectivity index (χ4n) is 2.84. The molecule has 0 radical (unpaired) electrons. The molecule has 0 unspecified atom stereocenters. The second-order valence-electron chi connectivity index (χ2n) is 6.75. The molecule has 0 saturated heterocycles. The number of nitrogens with one attached hydrogen (secondary N) is 3. The number of aromatic nitrogens is 2. The Hall–Kier alpha value is -3.90. The lowest BCUT2D eigenvalue weighted by Gasteiger charge is -2.05. The number of anilines is 3. The van der Waals surface area contributed by atoms with E-state index >= 15 is 0 Å². The molecular weight excluding hydrogens is 452 g/mol. The zero-order chi connectivity index (χ0) is 22.7. The monoisotopic (exact) mass is 468 g/mol. The summed E-state index contributed by atoms with van der Waals surface area (Å²) >= 11 is 2.36. The number of carbonyl (C=O) groups is 2. The molecule has 4 aromatic rings. The first-order valence-corrected chi connectivity index (χ1v) is 11.0. The molecular formula is C20H16N6O4S2. The number of rotatable bonds is 6. The second-order valence-corrected chi connectivity index (χ2v) is 8.63. The van der Waals surface area contributed by atoms with Crippen LogP contribution in [0.1, 0.15) is 11.3 Å². The van der Waals surface area contributed by atoms with Gasteiger partial charge in [-0.25, -0.2) is 14.8 Å². The van der Waals surface area contributed by atoms with Crippen LogP contribution in [-0.4, -0.2) is 26.8 Å². The van der Waals surface area contributed by atoms with Gasteiger partial charge in [-0.05, 0) is 30.7 Å². The van der Waals surface area contributed by atoms with Gasteiger partial charge in [0.1, 0.15) is 0 Å². The molecule has 0 aliphatic rings. The van der Waals surface area contributed by atoms with E-state index in [0.717, 1.165) is 16.9 Å². The fourth-order valence-corrected chi connectivity index (χ4v) is 4.46. The number of urea groups is 1. The molecule has 12 heteroatoms. The Balaban J connectivity index is 1.34. The summed E-state index contributed by atoms with van der Waals surface area (Å²) in [6, 6.07) is 11.3. The number of hydrogen-bond acceptors (Lipinski definition) is 8. The minimum Gasteiger partial charge on any atom is -0.308 e. The van der Waals surface area contributed by atoms with Crippen LogP contribution in [0.4, 0.5) is 26.4 Å². The highest BCUT2D eigenvalue weighted by Crippen LogP contribution is 2.29. The van der Waals surface area contributed by atoms with Crippen LogP contribution in [0.25, 0.3) is 10.2 Å². The minimum atomic E-state index is -0.480. The number of fused-ring (bicyclic) bond motifs is 1. The normalized spacial score (nSPS) is 10.7. The van der Waals surface area contributed by atoms with Crippen LogP contribution in [0.2, 0.25) is 0 Å². The maximum atomic E-state index is 12.4. The molecule has 0 aliphatic carbocycles. The zero-order valence-corrected chi connectivity index (χ0v) is 18.3. The highest BCUT2D eigenvalue weighted by atomic mass is 32.1. The molecule has 10 nitrogen and oxygen atoms in total. The molecule has 3 amide bonds. The lowest BCUT2D eigenvalue weighted by atomic mass is 10.2. The van der Waals surface area contributed by atoms with Crippen molar-refractivity contribution in [3.8, 4) is 0 Å². The number of benzene rings is 2. The van der Waals surface area contributed by atoms with Crippen LogP contribution in [0, 0.1) is 17.0 Å². The summed E-state index contributed by atoms with van der Waals surface area (Å²) in [5, 5.41) is 21.3. The SMILES string of the molecule is Cc1cccc(NC(=O)Nc2nc(CC(=O)Nc3nc4ccc([N+](=O)[O-])cc4s3)cs2)c1. The number of thiazole rings is 2. The maximum Gasteiger partial charge on any atom is 0.325 e. The summed E-state index contributed by atoms with van der Waals surface area (Å²) in [4.78, 5) is 43.4. The summed E-state index contributed by atoms with van der Waals surface area (Å²) in [7, 11) is 0. The molecule has 2 aromatic heterocycles. The van der Waals surface area contributed by atoms with Crippen LogP contribution in [-0.2, 0) is 11.2 Å². The Kier molecular flexibility index (Phi) is 6.05. The third kappa shape index (κ3) is 5.22. The predicted molar refractivity (Wildman–Crippen MR) is 125 cm³/mol. The number of amides is 3. The van der Waals surface area contributed by atoms with E-state index < -0.39 is 11.0 Å². The quantitative estimate of drug-likeness (QED) is 0.274. The Morgan fingerprint density at radius 3 is 2.69 bits per heavy atom. The van der Waals surface area contributed by atoms with Crippen LogP contribution >= 0.6 is 22.7 Å². The summed E-state index contributed by atoms with van der Waals surface area (Å²) in [6.07, 6.45) is -0.00620. The Labute approximate surface area is 189 Å². The molecule has 2 aromatic carbocycles. The molecule has 0 spiro atoms. The van der Waals surface area contributed by atoms with E-state index in [0.29, 0.717) is 31.9 Å². The van der Waals surface area contributed by atoms with Crippen molar-refractivity contribution >= 4 is 66.5 Å². The molecule has 0 fully saturated rings. The van der Waals surface area contributed by atoms with Crippen molar-refractivity contribution in [3.63, 3.8) is 0 Å². The minimum absolute atomic E-state index is 0.00620. The molecule has 32 heavy (non-hydrogen) atoms. The third-order valence-corrected chi connectivity index (χ3v) is 5.96. The van der Waals surface area contributed by atoms with Crippen molar-refractivity contribution in [1.82, 2.24) is 9.97 Å². The van der Waals surface area contributed by atoms with Crippen molar-refractivity contribution in [3.05, 3.63) is 69.2 Å². The highest BCUT2D eigenvalue weighted by molar-refractivity contribution is 7.22. The van der Waals surface area contributed by atoms with E-state index in [1.165, 1.54) is 23.5 Å². The Bertz CT molecular complexity index is 1330. The van der Waals surface area contributed by atoms with Crippen molar-refractivity contribution in [2.45, 2.75) is 13.3 Å². The molecule has 0 saturated carbocycles. The Morgan fingerprint density at radius 1 is 1.06 bits per heavy atom. The molecule has 0 aliphatic heterocycles. The number of nitrogens with zero attached hydrogens (tertiary/aromatic N) is 3. The average Bonchev–Trinajstić information content (AvgIpc) is 3.32. The number of non-ortho nitro benzene ring substituents is 1. The van der Waals surface area contributed by atoms with Crippen molar-refractivity contribution < 1.29 is 14.5 Å². The van der Waals surface area contributed by atoms with Gasteiger partial charge in [-0.1, -0.05) is 23.5 Å². The molecule has 2 heterocycles. The van der Waals surface area contributed by atoms with Crippen molar-refractivity contribution in [1.29, 1.82) is 0 Å². The highest BCUT2D eigenvalue weighted by Gasteiger charge is 2.14. The molecule has 4 rings (SSSR count).